The summed E-state index contributed by atoms with van der Waals surface area (Å²) in [6, 6.07) is 4.22. The number of ether oxygens (including phenoxy) is 2. The van der Waals surface area contributed by atoms with E-state index in [1.165, 1.54) is 13.0 Å². The van der Waals surface area contributed by atoms with Gasteiger partial charge >= 0.3 is 11.9 Å². The van der Waals surface area contributed by atoms with E-state index in [2.05, 4.69) is 5.32 Å². The Balaban J connectivity index is 1.74. The fraction of sp³-hybridized carbons (Fsp3) is 0.375. The minimum absolute atomic E-state index is 0.200. The Kier molecular flexibility index (Phi) is 8.47. The van der Waals surface area contributed by atoms with Crippen molar-refractivity contribution in [1.29, 1.82) is 0 Å². The van der Waals surface area contributed by atoms with Gasteiger partial charge in [-0.25, -0.2) is 9.59 Å². The monoisotopic (exact) mass is 503 g/mol. The second kappa shape index (κ2) is 11.3. The number of furan rings is 1. The third-order valence-corrected chi connectivity index (χ3v) is 6.43. The van der Waals surface area contributed by atoms with E-state index in [1.807, 2.05) is 19.1 Å². The largest absolute Gasteiger partial charge is 0.480 e. The number of fused-ring (bicyclic) bond motifs is 1. The van der Waals surface area contributed by atoms with Crippen molar-refractivity contribution in [3.05, 3.63) is 41.2 Å². The van der Waals surface area contributed by atoms with Gasteiger partial charge in [0.05, 0.1) is 0 Å². The maximum absolute atomic E-state index is 12.7. The summed E-state index contributed by atoms with van der Waals surface area (Å²) < 4.78 is 16.8. The Labute approximate surface area is 205 Å². The van der Waals surface area contributed by atoms with Crippen molar-refractivity contribution >= 4 is 57.6 Å². The highest BCUT2D eigenvalue weighted by molar-refractivity contribution is 8.13. The molecule has 11 heteroatoms. The molecular weight excluding hydrogens is 478 g/mol. The molecule has 0 fully saturated rings. The molecule has 0 spiro atoms. The smallest absolute Gasteiger partial charge is 0.331 e. The zero-order valence-electron chi connectivity index (χ0n) is 19.4. The molecule has 3 atom stereocenters. The average Bonchev–Trinajstić information content (AvgIpc) is 3.38. The molecule has 2 aromatic rings. The summed E-state index contributed by atoms with van der Waals surface area (Å²) in [4.78, 5) is 57.7. The second-order valence-corrected chi connectivity index (χ2v) is 8.99. The van der Waals surface area contributed by atoms with Crippen LogP contribution in [0.5, 0.6) is 0 Å². The lowest BCUT2D eigenvalue weighted by Crippen LogP contribution is -2.42. The summed E-state index contributed by atoms with van der Waals surface area (Å²) in [5.41, 5.74) is 2.96. The number of thioether (sulfide) groups is 1. The van der Waals surface area contributed by atoms with Gasteiger partial charge in [0.15, 0.2) is 0 Å². The van der Waals surface area contributed by atoms with Gasteiger partial charge in [-0.15, -0.1) is 0 Å². The lowest BCUT2D eigenvalue weighted by molar-refractivity contribution is -0.140. The number of carboxylic acids is 1. The third kappa shape index (κ3) is 6.37. The molecule has 0 saturated carbocycles. The number of aldehydes is 1. The first-order valence-electron chi connectivity index (χ1n) is 10.8. The molecule has 35 heavy (non-hydrogen) atoms. The van der Waals surface area contributed by atoms with Crippen molar-refractivity contribution in [3.63, 3.8) is 0 Å². The summed E-state index contributed by atoms with van der Waals surface area (Å²) in [5.74, 6) is -1.94. The lowest BCUT2D eigenvalue weighted by Gasteiger charge is -2.20. The molecular formula is C24H25NO9S. The van der Waals surface area contributed by atoms with Crippen LogP contribution in [0.1, 0.15) is 43.3 Å². The number of hydrogen-bond acceptors (Lipinski definition) is 9. The number of carbonyl (C=O) groups excluding carboxylic acids is 4. The van der Waals surface area contributed by atoms with E-state index in [0.29, 0.717) is 29.4 Å². The minimum atomic E-state index is -1.27. The summed E-state index contributed by atoms with van der Waals surface area (Å²) in [6.07, 6.45) is -0.0536. The first-order chi connectivity index (χ1) is 16.6. The number of hydrogen-bond donors (Lipinski definition) is 2. The van der Waals surface area contributed by atoms with Crippen LogP contribution in [0, 0.1) is 6.92 Å². The number of carbonyl (C=O) groups is 5. The average molecular weight is 504 g/mol. The number of aliphatic carboxylic acids is 1. The standard InChI is InChI=1S/C24H25NO9S/c1-12-17-8-15(16-9-21(28)32-10-16)4-5-19(17)34-22(12)13(2)33-20(6-7-26)24(31)35-11-18(23(29)30)25-14(3)27/h4-5,7-9,13,18,20H,6,10-11H2,1-3H3,(H,25,27)(H,29,30)/t13?,18-,20?/m0/s1. The van der Waals surface area contributed by atoms with E-state index in [0.717, 1.165) is 22.1 Å². The first-order valence-corrected chi connectivity index (χ1v) is 11.8. The summed E-state index contributed by atoms with van der Waals surface area (Å²) in [7, 11) is 0. The molecule has 10 nitrogen and oxygen atoms in total. The number of carboxylic acid groups (broad SMARTS) is 1. The van der Waals surface area contributed by atoms with Crippen LogP contribution in [0.25, 0.3) is 16.5 Å². The van der Waals surface area contributed by atoms with Gasteiger partial charge < -0.3 is 29.1 Å². The van der Waals surface area contributed by atoms with E-state index in [9.17, 15) is 29.1 Å². The number of cyclic esters (lactones) is 1. The van der Waals surface area contributed by atoms with Crippen molar-refractivity contribution in [2.75, 3.05) is 12.4 Å². The first kappa shape index (κ1) is 26.2. The predicted octanol–water partition coefficient (Wildman–Crippen LogP) is 2.57. The molecule has 1 aliphatic heterocycles. The van der Waals surface area contributed by atoms with E-state index in [1.54, 1.807) is 13.0 Å². The number of nitrogens with one attached hydrogen (secondary N) is 1. The molecule has 1 aromatic heterocycles. The fourth-order valence-electron chi connectivity index (χ4n) is 3.65. The SMILES string of the molecule is CC(=O)N[C@@H](CSC(=O)C(CC=O)OC(C)c1oc2ccc(C3=CC(=O)OC3)cc2c1C)C(=O)O. The zero-order valence-corrected chi connectivity index (χ0v) is 20.2. The zero-order chi connectivity index (χ0) is 25.7. The highest BCUT2D eigenvalue weighted by Gasteiger charge is 2.28. The molecule has 0 aliphatic carbocycles. The molecule has 3 rings (SSSR count). The lowest BCUT2D eigenvalue weighted by atomic mass is 10.0. The quantitative estimate of drug-likeness (QED) is 0.346. The molecule has 186 valence electrons. The van der Waals surface area contributed by atoms with Crippen molar-refractivity contribution in [3.8, 4) is 0 Å². The Morgan fingerprint density at radius 2 is 2.06 bits per heavy atom. The topological polar surface area (TPSA) is 149 Å². The van der Waals surface area contributed by atoms with Crippen molar-refractivity contribution in [1.82, 2.24) is 5.32 Å². The summed E-state index contributed by atoms with van der Waals surface area (Å²) in [5, 5.41) is 11.7. The van der Waals surface area contributed by atoms with Crippen LogP contribution in [-0.2, 0) is 33.4 Å². The minimum Gasteiger partial charge on any atom is -0.480 e. The predicted molar refractivity (Wildman–Crippen MR) is 127 cm³/mol. The molecule has 1 aromatic carbocycles. The molecule has 0 saturated heterocycles. The van der Waals surface area contributed by atoms with Gasteiger partial charge in [-0.2, -0.15) is 0 Å². The van der Waals surface area contributed by atoms with Crippen LogP contribution in [0.4, 0.5) is 0 Å². The summed E-state index contributed by atoms with van der Waals surface area (Å²) >= 11 is 0.671. The van der Waals surface area contributed by atoms with Crippen LogP contribution < -0.4 is 5.32 Å². The van der Waals surface area contributed by atoms with E-state index in [-0.39, 0.29) is 24.7 Å². The molecule has 0 radical (unpaired) electrons. The van der Waals surface area contributed by atoms with Crippen LogP contribution in [-0.4, -0.2) is 58.9 Å². The number of rotatable bonds is 11. The highest BCUT2D eigenvalue weighted by atomic mass is 32.2. The number of benzene rings is 1. The van der Waals surface area contributed by atoms with Crippen LogP contribution in [0.3, 0.4) is 0 Å². The van der Waals surface area contributed by atoms with Gasteiger partial charge in [-0.05, 0) is 31.5 Å². The second-order valence-electron chi connectivity index (χ2n) is 7.97. The van der Waals surface area contributed by atoms with Gasteiger partial charge in [0.1, 0.15) is 42.5 Å². The van der Waals surface area contributed by atoms with Crippen LogP contribution >= 0.6 is 11.8 Å². The summed E-state index contributed by atoms with van der Waals surface area (Å²) in [6.45, 7) is 4.90. The van der Waals surface area contributed by atoms with Crippen LogP contribution in [0.2, 0.25) is 0 Å². The normalized spacial score (nSPS) is 15.7. The van der Waals surface area contributed by atoms with Crippen LogP contribution in [0.15, 0.2) is 28.7 Å². The van der Waals surface area contributed by atoms with Crippen molar-refractivity contribution in [2.24, 2.45) is 0 Å². The molecule has 2 N–H and O–H groups in total. The van der Waals surface area contributed by atoms with Gasteiger partial charge in [0, 0.05) is 41.7 Å². The van der Waals surface area contributed by atoms with Gasteiger partial charge in [-0.3, -0.25) is 9.59 Å². The Morgan fingerprint density at radius 1 is 1.31 bits per heavy atom. The van der Waals surface area contributed by atoms with E-state index >= 15 is 0 Å². The maximum Gasteiger partial charge on any atom is 0.331 e. The van der Waals surface area contributed by atoms with E-state index < -0.39 is 35.2 Å². The highest BCUT2D eigenvalue weighted by Crippen LogP contribution is 2.34. The van der Waals surface area contributed by atoms with E-state index in [4.69, 9.17) is 13.9 Å². The van der Waals surface area contributed by atoms with Crippen molar-refractivity contribution in [2.45, 2.75) is 45.4 Å². The van der Waals surface area contributed by atoms with Crippen molar-refractivity contribution < 1.29 is 43.0 Å². The van der Waals surface area contributed by atoms with Gasteiger partial charge in [0.25, 0.3) is 0 Å². The molecule has 2 unspecified atom stereocenters. The maximum atomic E-state index is 12.7. The third-order valence-electron chi connectivity index (χ3n) is 5.38. The number of aryl methyl sites for hydroxylation is 1. The Morgan fingerprint density at radius 3 is 2.66 bits per heavy atom. The molecule has 1 amide bonds. The van der Waals surface area contributed by atoms with Gasteiger partial charge in [-0.1, -0.05) is 17.8 Å². The Hall–Kier alpha value is -3.44. The fourth-order valence-corrected chi connectivity index (χ4v) is 4.54. The molecule has 1 aliphatic rings. The van der Waals surface area contributed by atoms with Gasteiger partial charge in [0.2, 0.25) is 11.0 Å². The Bertz CT molecular complexity index is 1200. The molecule has 0 bridgehead atoms. The number of amides is 1. The molecule has 2 heterocycles. The number of esters is 1.